The quantitative estimate of drug-likeness (QED) is 0.573. The average Bonchev–Trinajstić information content (AvgIpc) is 3.12. The van der Waals surface area contributed by atoms with E-state index in [9.17, 15) is 4.79 Å². The van der Waals surface area contributed by atoms with Crippen LogP contribution in [0.15, 0.2) is 66.7 Å². The predicted molar refractivity (Wildman–Crippen MR) is 105 cm³/mol. The summed E-state index contributed by atoms with van der Waals surface area (Å²) in [5, 5.41) is 12.4. The van der Waals surface area contributed by atoms with E-state index in [1.165, 1.54) is 0 Å². The van der Waals surface area contributed by atoms with E-state index in [1.54, 1.807) is 48.3 Å². The Morgan fingerprint density at radius 2 is 1.67 bits per heavy atom. The molecule has 0 radical (unpaired) electrons. The van der Waals surface area contributed by atoms with Gasteiger partial charge in [-0.25, -0.2) is 0 Å². The number of benzene rings is 3. The van der Waals surface area contributed by atoms with Crippen LogP contribution in [0.25, 0.3) is 16.7 Å². The van der Waals surface area contributed by atoms with Crippen LogP contribution in [0.5, 0.6) is 5.75 Å². The van der Waals surface area contributed by atoms with Gasteiger partial charge in [-0.3, -0.25) is 4.79 Å². The molecule has 3 aromatic carbocycles. The summed E-state index contributed by atoms with van der Waals surface area (Å²) in [6.45, 7) is 0. The van der Waals surface area contributed by atoms with Crippen molar-refractivity contribution in [2.45, 2.75) is 0 Å². The monoisotopic (exact) mass is 378 g/mol. The second-order valence-corrected chi connectivity index (χ2v) is 6.29. The van der Waals surface area contributed by atoms with Crippen molar-refractivity contribution in [2.24, 2.45) is 0 Å². The maximum absolute atomic E-state index is 12.3. The Balaban J connectivity index is 1.58. The number of hydrogen-bond donors (Lipinski definition) is 1. The average molecular weight is 379 g/mol. The molecule has 0 aliphatic heterocycles. The SMILES string of the molecule is COc1ccc(-n2nc3ccc(NC(=O)c4ccc(Cl)cc4)cc3n2)cc1. The molecule has 0 bridgehead atoms. The third kappa shape index (κ3) is 3.61. The first-order chi connectivity index (χ1) is 13.1. The van der Waals surface area contributed by atoms with Crippen LogP contribution in [0, 0.1) is 0 Å². The fourth-order valence-corrected chi connectivity index (χ4v) is 2.75. The Kier molecular flexibility index (Phi) is 4.48. The minimum Gasteiger partial charge on any atom is -0.497 e. The molecule has 1 amide bonds. The van der Waals surface area contributed by atoms with Crippen molar-refractivity contribution in [3.63, 3.8) is 0 Å². The van der Waals surface area contributed by atoms with E-state index in [2.05, 4.69) is 15.5 Å². The van der Waals surface area contributed by atoms with Crippen LogP contribution in [0.4, 0.5) is 5.69 Å². The molecule has 0 fully saturated rings. The molecule has 134 valence electrons. The van der Waals surface area contributed by atoms with Crippen molar-refractivity contribution in [2.75, 3.05) is 12.4 Å². The molecule has 0 aliphatic rings. The number of carbonyl (C=O) groups excluding carboxylic acids is 1. The zero-order valence-corrected chi connectivity index (χ0v) is 15.1. The highest BCUT2D eigenvalue weighted by molar-refractivity contribution is 6.30. The van der Waals surface area contributed by atoms with Crippen LogP contribution in [0.2, 0.25) is 5.02 Å². The number of aromatic nitrogens is 3. The molecule has 0 saturated carbocycles. The Morgan fingerprint density at radius 3 is 2.37 bits per heavy atom. The van der Waals surface area contributed by atoms with E-state index in [0.717, 1.165) is 17.0 Å². The zero-order valence-electron chi connectivity index (χ0n) is 14.4. The van der Waals surface area contributed by atoms with Crippen LogP contribution < -0.4 is 10.1 Å². The van der Waals surface area contributed by atoms with E-state index in [0.29, 0.717) is 21.8 Å². The molecule has 0 aliphatic carbocycles. The van der Waals surface area contributed by atoms with Crippen LogP contribution >= 0.6 is 11.6 Å². The number of carbonyl (C=O) groups is 1. The second-order valence-electron chi connectivity index (χ2n) is 5.85. The first-order valence-corrected chi connectivity index (χ1v) is 8.59. The van der Waals surface area contributed by atoms with Gasteiger partial charge in [-0.1, -0.05) is 11.6 Å². The van der Waals surface area contributed by atoms with Gasteiger partial charge in [-0.2, -0.15) is 4.80 Å². The van der Waals surface area contributed by atoms with Crippen LogP contribution in [0.1, 0.15) is 10.4 Å². The summed E-state index contributed by atoms with van der Waals surface area (Å²) >= 11 is 5.86. The highest BCUT2D eigenvalue weighted by Crippen LogP contribution is 2.20. The number of hydrogen-bond acceptors (Lipinski definition) is 4. The van der Waals surface area contributed by atoms with Gasteiger partial charge in [0.05, 0.1) is 12.8 Å². The Hall–Kier alpha value is -3.38. The summed E-state index contributed by atoms with van der Waals surface area (Å²) < 4.78 is 5.16. The van der Waals surface area contributed by atoms with Gasteiger partial charge in [0.1, 0.15) is 16.8 Å². The van der Waals surface area contributed by atoms with Gasteiger partial charge in [0.2, 0.25) is 0 Å². The van der Waals surface area contributed by atoms with E-state index in [-0.39, 0.29) is 5.91 Å². The highest BCUT2D eigenvalue weighted by atomic mass is 35.5. The molecule has 0 unspecified atom stereocenters. The van der Waals surface area contributed by atoms with Gasteiger partial charge in [0, 0.05) is 16.3 Å². The zero-order chi connectivity index (χ0) is 18.8. The lowest BCUT2D eigenvalue weighted by molar-refractivity contribution is 0.102. The summed E-state index contributed by atoms with van der Waals surface area (Å²) in [5.74, 6) is 0.552. The number of halogens is 1. The predicted octanol–water partition coefficient (Wildman–Crippen LogP) is 4.33. The smallest absolute Gasteiger partial charge is 0.255 e. The van der Waals surface area contributed by atoms with Crippen LogP contribution in [-0.4, -0.2) is 28.0 Å². The summed E-state index contributed by atoms with van der Waals surface area (Å²) in [6, 6.07) is 19.6. The standard InChI is InChI=1S/C20H15ClN4O2/c1-27-17-9-7-16(8-10-17)25-23-18-11-6-15(12-19(18)24-25)22-20(26)13-2-4-14(21)5-3-13/h2-12H,1H3,(H,22,26). The van der Waals surface area contributed by atoms with Crippen molar-refractivity contribution in [1.82, 2.24) is 15.0 Å². The van der Waals surface area contributed by atoms with E-state index in [1.807, 2.05) is 30.3 Å². The van der Waals surface area contributed by atoms with Gasteiger partial charge in [0.25, 0.3) is 5.91 Å². The normalized spacial score (nSPS) is 10.7. The molecule has 0 saturated heterocycles. The Bertz CT molecular complexity index is 1110. The number of nitrogens with zero attached hydrogens (tertiary/aromatic N) is 3. The molecular weight excluding hydrogens is 364 g/mol. The van der Waals surface area contributed by atoms with Crippen LogP contribution in [-0.2, 0) is 0 Å². The summed E-state index contributed by atoms with van der Waals surface area (Å²) in [5.41, 5.74) is 3.40. The first-order valence-electron chi connectivity index (χ1n) is 8.21. The lowest BCUT2D eigenvalue weighted by Gasteiger charge is -2.04. The molecule has 1 heterocycles. The van der Waals surface area contributed by atoms with Crippen molar-refractivity contribution < 1.29 is 9.53 Å². The number of nitrogens with one attached hydrogen (secondary N) is 1. The van der Waals surface area contributed by atoms with Crippen molar-refractivity contribution in [1.29, 1.82) is 0 Å². The number of fused-ring (bicyclic) bond motifs is 1. The minimum atomic E-state index is -0.214. The topological polar surface area (TPSA) is 69.0 Å². The summed E-state index contributed by atoms with van der Waals surface area (Å²) in [7, 11) is 1.62. The van der Waals surface area contributed by atoms with Crippen molar-refractivity contribution in [3.8, 4) is 11.4 Å². The third-order valence-electron chi connectivity index (χ3n) is 4.05. The summed E-state index contributed by atoms with van der Waals surface area (Å²) in [4.78, 5) is 13.9. The van der Waals surface area contributed by atoms with E-state index < -0.39 is 0 Å². The number of methoxy groups -OCH3 is 1. The lowest BCUT2D eigenvalue weighted by atomic mass is 10.2. The number of anilines is 1. The van der Waals surface area contributed by atoms with E-state index in [4.69, 9.17) is 16.3 Å². The summed E-state index contributed by atoms with van der Waals surface area (Å²) in [6.07, 6.45) is 0. The Morgan fingerprint density at radius 1 is 0.963 bits per heavy atom. The molecule has 1 aromatic heterocycles. The largest absolute Gasteiger partial charge is 0.497 e. The van der Waals surface area contributed by atoms with Crippen LogP contribution in [0.3, 0.4) is 0 Å². The lowest BCUT2D eigenvalue weighted by Crippen LogP contribution is -2.11. The Labute approximate surface area is 160 Å². The fraction of sp³-hybridized carbons (Fsp3) is 0.0500. The maximum atomic E-state index is 12.3. The molecule has 0 spiro atoms. The molecule has 6 nitrogen and oxygen atoms in total. The van der Waals surface area contributed by atoms with Crippen molar-refractivity contribution >= 4 is 34.2 Å². The fourth-order valence-electron chi connectivity index (χ4n) is 2.63. The second kappa shape index (κ2) is 7.09. The van der Waals surface area contributed by atoms with Gasteiger partial charge >= 0.3 is 0 Å². The molecular formula is C20H15ClN4O2. The number of amides is 1. The molecule has 27 heavy (non-hydrogen) atoms. The van der Waals surface area contributed by atoms with Gasteiger partial charge in [-0.15, -0.1) is 10.2 Å². The highest BCUT2D eigenvalue weighted by Gasteiger charge is 2.09. The van der Waals surface area contributed by atoms with Gasteiger partial charge in [-0.05, 0) is 66.7 Å². The third-order valence-corrected chi connectivity index (χ3v) is 4.30. The first kappa shape index (κ1) is 17.1. The molecule has 1 N–H and O–H groups in total. The molecule has 4 rings (SSSR count). The molecule has 4 aromatic rings. The number of ether oxygens (including phenoxy) is 1. The van der Waals surface area contributed by atoms with Crippen molar-refractivity contribution in [3.05, 3.63) is 77.3 Å². The molecule has 0 atom stereocenters. The van der Waals surface area contributed by atoms with E-state index >= 15 is 0 Å². The maximum Gasteiger partial charge on any atom is 0.255 e. The molecule has 7 heteroatoms. The van der Waals surface area contributed by atoms with Gasteiger partial charge in [0.15, 0.2) is 0 Å². The minimum absolute atomic E-state index is 0.214. The number of rotatable bonds is 4. The van der Waals surface area contributed by atoms with Gasteiger partial charge < -0.3 is 10.1 Å².